The largest absolute Gasteiger partial charge is 0.508 e. The van der Waals surface area contributed by atoms with E-state index in [1.807, 2.05) is 12.2 Å². The molecule has 4 nitrogen and oxygen atoms in total. The van der Waals surface area contributed by atoms with Gasteiger partial charge in [0.15, 0.2) is 0 Å². The van der Waals surface area contributed by atoms with Gasteiger partial charge in [0, 0.05) is 0 Å². The fourth-order valence-electron chi connectivity index (χ4n) is 3.11. The Kier molecular flexibility index (Phi) is 3.66. The van der Waals surface area contributed by atoms with Crippen molar-refractivity contribution < 1.29 is 20.1 Å². The number of phenols is 2. The Morgan fingerprint density at radius 1 is 0.826 bits per heavy atom. The van der Waals surface area contributed by atoms with Crippen LogP contribution < -0.4 is 0 Å². The van der Waals surface area contributed by atoms with Crippen LogP contribution in [0.1, 0.15) is 11.1 Å². The van der Waals surface area contributed by atoms with Crippen molar-refractivity contribution in [1.82, 2.24) is 0 Å². The number of allylic oxidation sites excluding steroid dienone is 3. The first kappa shape index (κ1) is 14.9. The highest BCUT2D eigenvalue weighted by Gasteiger charge is 2.43. The van der Waals surface area contributed by atoms with Crippen LogP contribution in [-0.2, 0) is 10.2 Å². The van der Waals surface area contributed by atoms with E-state index in [2.05, 4.69) is 0 Å². The van der Waals surface area contributed by atoms with Gasteiger partial charge in [0.05, 0.1) is 11.3 Å². The van der Waals surface area contributed by atoms with Crippen LogP contribution in [0.2, 0.25) is 0 Å². The molecule has 0 heterocycles. The molecule has 0 amide bonds. The molecule has 0 spiro atoms. The summed E-state index contributed by atoms with van der Waals surface area (Å²) >= 11 is 0. The quantitative estimate of drug-likeness (QED) is 0.813. The minimum Gasteiger partial charge on any atom is -0.508 e. The predicted octanol–water partition coefficient (Wildman–Crippen LogP) is 3.21. The van der Waals surface area contributed by atoms with Gasteiger partial charge in [0.2, 0.25) is 0 Å². The summed E-state index contributed by atoms with van der Waals surface area (Å²) in [5, 5.41) is 28.8. The highest BCUT2D eigenvalue weighted by molar-refractivity contribution is 5.78. The van der Waals surface area contributed by atoms with Crippen molar-refractivity contribution in [3.05, 3.63) is 84.0 Å². The van der Waals surface area contributed by atoms with E-state index in [0.29, 0.717) is 0 Å². The SMILES string of the molecule is O=C(O)C1C=CC=CC1(c1ccc(O)cc1)c1ccc(O)cc1. The molecule has 4 heteroatoms. The molecule has 3 rings (SSSR count). The molecule has 1 atom stereocenters. The minimum atomic E-state index is -0.938. The number of rotatable bonds is 3. The van der Waals surface area contributed by atoms with Gasteiger partial charge in [-0.1, -0.05) is 48.6 Å². The van der Waals surface area contributed by atoms with Crippen molar-refractivity contribution >= 4 is 5.97 Å². The van der Waals surface area contributed by atoms with E-state index < -0.39 is 17.3 Å². The third-order valence-corrected chi connectivity index (χ3v) is 4.22. The van der Waals surface area contributed by atoms with Gasteiger partial charge in [-0.05, 0) is 35.4 Å². The summed E-state index contributed by atoms with van der Waals surface area (Å²) in [5.74, 6) is -1.48. The summed E-state index contributed by atoms with van der Waals surface area (Å²) in [4.78, 5) is 11.9. The average Bonchev–Trinajstić information content (AvgIpc) is 2.56. The Morgan fingerprint density at radius 3 is 1.74 bits per heavy atom. The van der Waals surface area contributed by atoms with Gasteiger partial charge in [0.25, 0.3) is 0 Å². The number of carboxylic acids is 1. The monoisotopic (exact) mass is 308 g/mol. The predicted molar refractivity (Wildman–Crippen MR) is 86.4 cm³/mol. The van der Waals surface area contributed by atoms with E-state index in [1.165, 1.54) is 0 Å². The Hall–Kier alpha value is -3.01. The van der Waals surface area contributed by atoms with Crippen LogP contribution in [0.5, 0.6) is 11.5 Å². The first-order chi connectivity index (χ1) is 11.0. The zero-order valence-electron chi connectivity index (χ0n) is 12.3. The molecule has 0 radical (unpaired) electrons. The van der Waals surface area contributed by atoms with E-state index in [9.17, 15) is 20.1 Å². The van der Waals surface area contributed by atoms with Crippen molar-refractivity contribution in [3.8, 4) is 11.5 Å². The van der Waals surface area contributed by atoms with E-state index >= 15 is 0 Å². The maximum atomic E-state index is 11.9. The number of benzene rings is 2. The Morgan fingerprint density at radius 2 is 1.30 bits per heavy atom. The Balaban J connectivity index is 2.26. The molecule has 2 aromatic carbocycles. The van der Waals surface area contributed by atoms with Gasteiger partial charge in [-0.2, -0.15) is 0 Å². The Bertz CT molecular complexity index is 725. The Labute approximate surface area is 133 Å². The van der Waals surface area contributed by atoms with Crippen molar-refractivity contribution in [3.63, 3.8) is 0 Å². The van der Waals surface area contributed by atoms with Crippen molar-refractivity contribution in [1.29, 1.82) is 0 Å². The highest BCUT2D eigenvalue weighted by Crippen LogP contribution is 2.44. The molecule has 0 saturated heterocycles. The number of hydrogen-bond donors (Lipinski definition) is 3. The van der Waals surface area contributed by atoms with E-state index in [-0.39, 0.29) is 11.5 Å². The van der Waals surface area contributed by atoms with E-state index in [1.54, 1.807) is 60.7 Å². The topological polar surface area (TPSA) is 77.8 Å². The van der Waals surface area contributed by atoms with Gasteiger partial charge < -0.3 is 15.3 Å². The third kappa shape index (κ3) is 2.48. The highest BCUT2D eigenvalue weighted by atomic mass is 16.4. The van der Waals surface area contributed by atoms with Crippen LogP contribution in [0.4, 0.5) is 0 Å². The molecule has 116 valence electrons. The van der Waals surface area contributed by atoms with Gasteiger partial charge in [-0.3, -0.25) is 4.79 Å². The van der Waals surface area contributed by atoms with Gasteiger partial charge >= 0.3 is 5.97 Å². The maximum Gasteiger partial charge on any atom is 0.311 e. The van der Waals surface area contributed by atoms with Crippen molar-refractivity contribution in [2.75, 3.05) is 0 Å². The number of aliphatic carboxylic acids is 1. The van der Waals surface area contributed by atoms with Crippen LogP contribution >= 0.6 is 0 Å². The lowest BCUT2D eigenvalue weighted by Gasteiger charge is -2.37. The van der Waals surface area contributed by atoms with Crippen LogP contribution in [0.25, 0.3) is 0 Å². The lowest BCUT2D eigenvalue weighted by molar-refractivity contribution is -0.141. The lowest BCUT2D eigenvalue weighted by Crippen LogP contribution is -2.39. The molecule has 1 aliphatic rings. The molecule has 0 bridgehead atoms. The summed E-state index contributed by atoms with van der Waals surface area (Å²) in [6.07, 6.45) is 7.05. The summed E-state index contributed by atoms with van der Waals surface area (Å²) in [5.41, 5.74) is 0.616. The standard InChI is InChI=1S/C19H16O4/c20-15-8-4-13(5-9-15)19(14-6-10-16(21)11-7-14)12-2-1-3-17(19)18(22)23/h1-12,17,20-21H,(H,22,23). The van der Waals surface area contributed by atoms with Crippen molar-refractivity contribution in [2.45, 2.75) is 5.41 Å². The van der Waals surface area contributed by atoms with Gasteiger partial charge in [0.1, 0.15) is 11.5 Å². The second-order valence-electron chi connectivity index (χ2n) is 5.52. The molecule has 1 unspecified atom stereocenters. The van der Waals surface area contributed by atoms with Gasteiger partial charge in [-0.15, -0.1) is 0 Å². The zero-order valence-corrected chi connectivity index (χ0v) is 12.3. The lowest BCUT2D eigenvalue weighted by atomic mass is 9.64. The third-order valence-electron chi connectivity index (χ3n) is 4.22. The molecular weight excluding hydrogens is 292 g/mol. The first-order valence-corrected chi connectivity index (χ1v) is 7.22. The average molecular weight is 308 g/mol. The van der Waals surface area contributed by atoms with Crippen LogP contribution in [0.15, 0.2) is 72.8 Å². The van der Waals surface area contributed by atoms with Gasteiger partial charge in [-0.25, -0.2) is 0 Å². The number of hydrogen-bond acceptors (Lipinski definition) is 3. The molecule has 3 N–H and O–H groups in total. The minimum absolute atomic E-state index is 0.122. The van der Waals surface area contributed by atoms with Crippen LogP contribution in [0, 0.1) is 5.92 Å². The second kappa shape index (κ2) is 5.65. The smallest absolute Gasteiger partial charge is 0.311 e. The summed E-state index contributed by atoms with van der Waals surface area (Å²) < 4.78 is 0. The number of carbonyl (C=O) groups is 1. The van der Waals surface area contributed by atoms with Crippen molar-refractivity contribution in [2.24, 2.45) is 5.92 Å². The van der Waals surface area contributed by atoms with Crippen LogP contribution in [0.3, 0.4) is 0 Å². The molecule has 0 aliphatic heterocycles. The fourth-order valence-corrected chi connectivity index (χ4v) is 3.11. The molecule has 2 aromatic rings. The number of aromatic hydroxyl groups is 2. The molecule has 23 heavy (non-hydrogen) atoms. The first-order valence-electron chi connectivity index (χ1n) is 7.22. The van der Waals surface area contributed by atoms with E-state index in [4.69, 9.17) is 0 Å². The molecule has 0 fully saturated rings. The number of carboxylic acid groups (broad SMARTS) is 1. The summed E-state index contributed by atoms with van der Waals surface area (Å²) in [7, 11) is 0. The molecule has 0 aromatic heterocycles. The zero-order chi connectivity index (χ0) is 16.4. The fraction of sp³-hybridized carbons (Fsp3) is 0.105. The molecule has 0 saturated carbocycles. The number of phenolic OH excluding ortho intramolecular Hbond substituents is 2. The maximum absolute atomic E-state index is 11.9. The second-order valence-corrected chi connectivity index (χ2v) is 5.52. The summed E-state index contributed by atoms with van der Waals surface area (Å²) in [6.45, 7) is 0. The normalized spacial score (nSPS) is 18.7. The molecular formula is C19H16O4. The summed E-state index contributed by atoms with van der Waals surface area (Å²) in [6, 6.07) is 13.1. The van der Waals surface area contributed by atoms with Crippen LogP contribution in [-0.4, -0.2) is 21.3 Å². The van der Waals surface area contributed by atoms with E-state index in [0.717, 1.165) is 11.1 Å². The molecule has 1 aliphatic carbocycles.